The number of rotatable bonds is 8. The zero-order valence-electron chi connectivity index (χ0n) is 15.2. The minimum Gasteiger partial charge on any atom is -0.452 e. The molecule has 1 amide bonds. The van der Waals surface area contributed by atoms with Crippen LogP contribution in [0.1, 0.15) is 29.3 Å². The van der Waals surface area contributed by atoms with Gasteiger partial charge in [-0.1, -0.05) is 30.7 Å². The third-order valence-electron chi connectivity index (χ3n) is 3.59. The molecule has 0 fully saturated rings. The highest BCUT2D eigenvalue weighted by atomic mass is 32.2. The molecule has 0 radical (unpaired) electrons. The van der Waals surface area contributed by atoms with Crippen LogP contribution >= 0.6 is 0 Å². The first kappa shape index (κ1) is 20.6. The average Bonchev–Trinajstić information content (AvgIpc) is 2.66. The maximum absolute atomic E-state index is 12.1. The quantitative estimate of drug-likeness (QED) is 0.674. The highest BCUT2D eigenvalue weighted by molar-refractivity contribution is 7.89. The average molecular weight is 390 g/mol. The molecule has 0 aliphatic carbocycles. The zero-order valence-corrected chi connectivity index (χ0v) is 16.0. The second-order valence-corrected chi connectivity index (χ2v) is 7.68. The van der Waals surface area contributed by atoms with Gasteiger partial charge >= 0.3 is 5.97 Å². The van der Waals surface area contributed by atoms with Crippen LogP contribution in [-0.2, 0) is 19.6 Å². The summed E-state index contributed by atoms with van der Waals surface area (Å²) in [5.41, 5.74) is 1.71. The second-order valence-electron chi connectivity index (χ2n) is 5.92. The topological polar surface area (TPSA) is 102 Å². The highest BCUT2D eigenvalue weighted by Crippen LogP contribution is 2.13. The van der Waals surface area contributed by atoms with E-state index < -0.39 is 28.5 Å². The first-order valence-corrected chi connectivity index (χ1v) is 9.93. The monoisotopic (exact) mass is 390 g/mol. The van der Waals surface area contributed by atoms with Gasteiger partial charge in [-0.3, -0.25) is 4.79 Å². The van der Waals surface area contributed by atoms with Gasteiger partial charge in [-0.25, -0.2) is 17.9 Å². The molecule has 0 heterocycles. The van der Waals surface area contributed by atoms with Gasteiger partial charge in [0.1, 0.15) is 0 Å². The predicted molar refractivity (Wildman–Crippen MR) is 102 cm³/mol. The van der Waals surface area contributed by atoms with E-state index in [0.717, 1.165) is 5.56 Å². The highest BCUT2D eigenvalue weighted by Gasteiger charge is 2.17. The number of carbonyl (C=O) groups is 2. The molecule has 0 atom stereocenters. The first-order chi connectivity index (χ1) is 12.8. The normalized spacial score (nSPS) is 11.0. The fraction of sp³-hybridized carbons (Fsp3) is 0.263. The van der Waals surface area contributed by atoms with Crippen LogP contribution in [0.25, 0.3) is 0 Å². The lowest BCUT2D eigenvalue weighted by Gasteiger charge is -2.09. The van der Waals surface area contributed by atoms with Crippen LogP contribution in [0, 0.1) is 6.92 Å². The van der Waals surface area contributed by atoms with Gasteiger partial charge < -0.3 is 10.1 Å². The molecule has 144 valence electrons. The Bertz CT molecular complexity index is 908. The van der Waals surface area contributed by atoms with Crippen molar-refractivity contribution < 1.29 is 22.7 Å². The molecule has 0 aromatic heterocycles. The van der Waals surface area contributed by atoms with Crippen LogP contribution < -0.4 is 10.0 Å². The van der Waals surface area contributed by atoms with Gasteiger partial charge in [-0.15, -0.1) is 0 Å². The summed E-state index contributed by atoms with van der Waals surface area (Å²) >= 11 is 0. The number of sulfonamides is 1. The lowest BCUT2D eigenvalue weighted by molar-refractivity contribution is -0.119. The SMILES string of the molecule is CCCNS(=O)(=O)c1cccc(C(=O)OCC(=O)Nc2ccc(C)cc2)c1. The summed E-state index contributed by atoms with van der Waals surface area (Å²) in [6, 6.07) is 12.7. The fourth-order valence-corrected chi connectivity index (χ4v) is 3.34. The van der Waals surface area contributed by atoms with Gasteiger partial charge in [0.2, 0.25) is 10.0 Å². The smallest absolute Gasteiger partial charge is 0.338 e. The summed E-state index contributed by atoms with van der Waals surface area (Å²) in [4.78, 5) is 24.0. The summed E-state index contributed by atoms with van der Waals surface area (Å²) in [6.45, 7) is 3.60. The van der Waals surface area contributed by atoms with Crippen molar-refractivity contribution in [1.29, 1.82) is 0 Å². The van der Waals surface area contributed by atoms with E-state index in [-0.39, 0.29) is 10.5 Å². The number of amides is 1. The number of hydrogen-bond acceptors (Lipinski definition) is 5. The van der Waals surface area contributed by atoms with E-state index in [1.807, 2.05) is 26.0 Å². The Morgan fingerprint density at radius 3 is 2.44 bits per heavy atom. The molecule has 8 heteroatoms. The largest absolute Gasteiger partial charge is 0.452 e. The summed E-state index contributed by atoms with van der Waals surface area (Å²) in [5.74, 6) is -1.26. The van der Waals surface area contributed by atoms with Crippen molar-refractivity contribution in [3.8, 4) is 0 Å². The third kappa shape index (κ3) is 6.19. The second kappa shape index (κ2) is 9.29. The van der Waals surface area contributed by atoms with Crippen molar-refractivity contribution in [2.45, 2.75) is 25.2 Å². The lowest BCUT2D eigenvalue weighted by atomic mass is 10.2. The van der Waals surface area contributed by atoms with Gasteiger partial charge in [0, 0.05) is 12.2 Å². The molecule has 2 N–H and O–H groups in total. The molecule has 0 aliphatic rings. The number of carbonyl (C=O) groups excluding carboxylic acids is 2. The predicted octanol–water partition coefficient (Wildman–Crippen LogP) is 2.48. The van der Waals surface area contributed by atoms with Gasteiger partial charge in [-0.05, 0) is 43.7 Å². The van der Waals surface area contributed by atoms with E-state index in [1.54, 1.807) is 12.1 Å². The van der Waals surface area contributed by atoms with Crippen LogP contribution in [0.2, 0.25) is 0 Å². The van der Waals surface area contributed by atoms with Crippen molar-refractivity contribution >= 4 is 27.6 Å². The summed E-state index contributed by atoms with van der Waals surface area (Å²) in [7, 11) is -3.69. The molecule has 0 saturated heterocycles. The van der Waals surface area contributed by atoms with Crippen LogP contribution in [0.3, 0.4) is 0 Å². The van der Waals surface area contributed by atoms with Gasteiger partial charge in [-0.2, -0.15) is 0 Å². The number of anilines is 1. The Kier molecular flexibility index (Phi) is 7.09. The molecule has 0 aliphatic heterocycles. The Morgan fingerprint density at radius 2 is 1.78 bits per heavy atom. The fourth-order valence-electron chi connectivity index (χ4n) is 2.16. The van der Waals surface area contributed by atoms with E-state index in [2.05, 4.69) is 10.0 Å². The van der Waals surface area contributed by atoms with Gasteiger partial charge in [0.05, 0.1) is 10.5 Å². The lowest BCUT2D eigenvalue weighted by Crippen LogP contribution is -2.25. The molecule has 27 heavy (non-hydrogen) atoms. The summed E-state index contributed by atoms with van der Waals surface area (Å²) in [6.07, 6.45) is 0.650. The molecule has 0 bridgehead atoms. The molecule has 0 saturated carbocycles. The van der Waals surface area contributed by atoms with Crippen LogP contribution in [0.15, 0.2) is 53.4 Å². The van der Waals surface area contributed by atoms with Crippen molar-refractivity contribution in [3.63, 3.8) is 0 Å². The molecule has 0 spiro atoms. The Labute approximate surface area is 158 Å². The third-order valence-corrected chi connectivity index (χ3v) is 5.05. The minimum atomic E-state index is -3.69. The van der Waals surface area contributed by atoms with E-state index in [0.29, 0.717) is 18.7 Å². The van der Waals surface area contributed by atoms with Gasteiger partial charge in [0.25, 0.3) is 5.91 Å². The number of benzene rings is 2. The molecular formula is C19H22N2O5S. The van der Waals surface area contributed by atoms with Crippen LogP contribution in [0.5, 0.6) is 0 Å². The molecular weight excluding hydrogens is 368 g/mol. The molecule has 0 unspecified atom stereocenters. The minimum absolute atomic E-state index is 0.0329. The van der Waals surface area contributed by atoms with Gasteiger partial charge in [0.15, 0.2) is 6.61 Å². The maximum atomic E-state index is 12.1. The van der Waals surface area contributed by atoms with Crippen molar-refractivity contribution in [2.75, 3.05) is 18.5 Å². The van der Waals surface area contributed by atoms with Crippen molar-refractivity contribution in [2.24, 2.45) is 0 Å². The molecule has 2 aromatic rings. The Balaban J connectivity index is 1.96. The molecule has 7 nitrogen and oxygen atoms in total. The summed E-state index contributed by atoms with van der Waals surface area (Å²) < 4.78 is 31.7. The standard InChI is InChI=1S/C19H22N2O5S/c1-3-11-20-27(24,25)17-6-4-5-15(12-17)19(23)26-13-18(22)21-16-9-7-14(2)8-10-16/h4-10,12,20H,3,11,13H2,1-2H3,(H,21,22). The van der Waals surface area contributed by atoms with Crippen molar-refractivity contribution in [1.82, 2.24) is 4.72 Å². The van der Waals surface area contributed by atoms with E-state index >= 15 is 0 Å². The van der Waals surface area contributed by atoms with E-state index in [9.17, 15) is 18.0 Å². The van der Waals surface area contributed by atoms with E-state index in [1.165, 1.54) is 24.3 Å². The number of hydrogen-bond donors (Lipinski definition) is 2. The molecule has 2 rings (SSSR count). The van der Waals surface area contributed by atoms with Crippen LogP contribution in [0.4, 0.5) is 5.69 Å². The number of nitrogens with one attached hydrogen (secondary N) is 2. The number of aryl methyl sites for hydroxylation is 1. The van der Waals surface area contributed by atoms with Crippen LogP contribution in [-0.4, -0.2) is 33.4 Å². The molecule has 2 aromatic carbocycles. The summed E-state index contributed by atoms with van der Waals surface area (Å²) in [5, 5.41) is 2.61. The van der Waals surface area contributed by atoms with Crippen molar-refractivity contribution in [3.05, 3.63) is 59.7 Å². The first-order valence-electron chi connectivity index (χ1n) is 8.45. The Morgan fingerprint density at radius 1 is 1.07 bits per heavy atom. The zero-order chi connectivity index (χ0) is 19.9. The maximum Gasteiger partial charge on any atom is 0.338 e. The Hall–Kier alpha value is -2.71. The number of esters is 1. The van der Waals surface area contributed by atoms with E-state index in [4.69, 9.17) is 4.74 Å². The number of ether oxygens (including phenoxy) is 1.